The maximum Gasteiger partial charge on any atom is 0.305 e. The Labute approximate surface area is 104 Å². The molecule has 94 valence electrons. The number of benzene rings is 1. The number of carbonyl (C=O) groups is 1. The van der Waals surface area contributed by atoms with Crippen molar-refractivity contribution in [2.45, 2.75) is 6.42 Å². The molecule has 1 rings (SSSR count). The summed E-state index contributed by atoms with van der Waals surface area (Å²) >= 11 is 5.67. The fourth-order valence-electron chi connectivity index (χ4n) is 1.44. The lowest BCUT2D eigenvalue weighted by Crippen LogP contribution is -2.31. The van der Waals surface area contributed by atoms with E-state index in [2.05, 4.69) is 0 Å². The van der Waals surface area contributed by atoms with Crippen molar-refractivity contribution in [2.24, 2.45) is 5.73 Å². The molecule has 4 nitrogen and oxygen atoms in total. The number of nitrogens with zero attached hydrogens (tertiary/aromatic N) is 1. The Kier molecular flexibility index (Phi) is 5.18. The molecule has 0 aliphatic carbocycles. The molecule has 0 unspecified atom stereocenters. The van der Waals surface area contributed by atoms with Gasteiger partial charge in [0.1, 0.15) is 5.82 Å². The largest absolute Gasteiger partial charge is 0.481 e. The maximum atomic E-state index is 13.0. The van der Waals surface area contributed by atoms with E-state index in [0.717, 1.165) is 0 Å². The summed E-state index contributed by atoms with van der Waals surface area (Å²) in [7, 11) is 0. The monoisotopic (exact) mass is 260 g/mol. The number of hydrogen-bond donors (Lipinski definition) is 2. The number of hydrogen-bond acceptors (Lipinski definition) is 3. The molecule has 1 aromatic carbocycles. The van der Waals surface area contributed by atoms with Crippen molar-refractivity contribution in [2.75, 3.05) is 24.5 Å². The molecule has 0 amide bonds. The highest BCUT2D eigenvalue weighted by Crippen LogP contribution is 2.22. The second kappa shape index (κ2) is 6.42. The second-order valence-corrected chi connectivity index (χ2v) is 3.93. The Balaban J connectivity index is 2.81. The van der Waals surface area contributed by atoms with Crippen LogP contribution in [0.5, 0.6) is 0 Å². The molecule has 0 aromatic heterocycles. The van der Waals surface area contributed by atoms with Crippen LogP contribution in [-0.4, -0.2) is 30.7 Å². The van der Waals surface area contributed by atoms with Crippen LogP contribution in [0.15, 0.2) is 18.2 Å². The molecule has 6 heteroatoms. The van der Waals surface area contributed by atoms with E-state index in [9.17, 15) is 9.18 Å². The van der Waals surface area contributed by atoms with E-state index in [1.54, 1.807) is 11.0 Å². The zero-order chi connectivity index (χ0) is 12.8. The molecule has 0 saturated heterocycles. The van der Waals surface area contributed by atoms with E-state index in [4.69, 9.17) is 22.4 Å². The van der Waals surface area contributed by atoms with Gasteiger partial charge < -0.3 is 15.7 Å². The SMILES string of the molecule is NCCN(CCC(=O)O)c1ccc(F)c(Cl)c1. The molecule has 0 bridgehead atoms. The number of nitrogens with two attached hydrogens (primary N) is 1. The molecule has 0 spiro atoms. The second-order valence-electron chi connectivity index (χ2n) is 3.52. The zero-order valence-corrected chi connectivity index (χ0v) is 9.95. The molecule has 0 aliphatic rings. The third kappa shape index (κ3) is 4.20. The Hall–Kier alpha value is -1.33. The lowest BCUT2D eigenvalue weighted by Gasteiger charge is -2.23. The van der Waals surface area contributed by atoms with Crippen LogP contribution in [0.3, 0.4) is 0 Å². The van der Waals surface area contributed by atoms with E-state index in [-0.39, 0.29) is 11.4 Å². The topological polar surface area (TPSA) is 66.6 Å². The van der Waals surface area contributed by atoms with E-state index >= 15 is 0 Å². The normalized spacial score (nSPS) is 10.3. The van der Waals surface area contributed by atoms with Gasteiger partial charge in [-0.2, -0.15) is 0 Å². The van der Waals surface area contributed by atoms with Gasteiger partial charge in [-0.15, -0.1) is 0 Å². The van der Waals surface area contributed by atoms with Gasteiger partial charge in [0.2, 0.25) is 0 Å². The zero-order valence-electron chi connectivity index (χ0n) is 9.20. The van der Waals surface area contributed by atoms with Crippen molar-refractivity contribution in [3.8, 4) is 0 Å². The molecule has 0 saturated carbocycles. The van der Waals surface area contributed by atoms with Gasteiger partial charge >= 0.3 is 5.97 Å². The number of aliphatic carboxylic acids is 1. The highest BCUT2D eigenvalue weighted by atomic mass is 35.5. The third-order valence-electron chi connectivity index (χ3n) is 2.26. The van der Waals surface area contributed by atoms with Gasteiger partial charge in [0.25, 0.3) is 0 Å². The van der Waals surface area contributed by atoms with Crippen molar-refractivity contribution in [3.63, 3.8) is 0 Å². The quantitative estimate of drug-likeness (QED) is 0.817. The summed E-state index contributed by atoms with van der Waals surface area (Å²) in [6, 6.07) is 4.27. The van der Waals surface area contributed by atoms with Crippen LogP contribution in [-0.2, 0) is 4.79 Å². The van der Waals surface area contributed by atoms with Gasteiger partial charge in [-0.1, -0.05) is 11.6 Å². The van der Waals surface area contributed by atoms with Crippen molar-refractivity contribution in [1.29, 1.82) is 0 Å². The minimum atomic E-state index is -0.889. The molecule has 0 aliphatic heterocycles. The number of rotatable bonds is 6. The van der Waals surface area contributed by atoms with Crippen molar-refractivity contribution in [1.82, 2.24) is 0 Å². The molecule has 17 heavy (non-hydrogen) atoms. The first-order valence-corrected chi connectivity index (χ1v) is 5.54. The van der Waals surface area contributed by atoms with Crippen LogP contribution in [0, 0.1) is 5.82 Å². The lowest BCUT2D eigenvalue weighted by molar-refractivity contribution is -0.136. The molecule has 3 N–H and O–H groups in total. The minimum absolute atomic E-state index is 0.00496. The predicted octanol–water partition coefficient (Wildman–Crippen LogP) is 1.72. The van der Waals surface area contributed by atoms with E-state index in [1.165, 1.54) is 12.1 Å². The summed E-state index contributed by atoms with van der Waals surface area (Å²) < 4.78 is 13.0. The Morgan fingerprint density at radius 3 is 2.71 bits per heavy atom. The third-order valence-corrected chi connectivity index (χ3v) is 2.55. The van der Waals surface area contributed by atoms with Crippen LogP contribution in [0.25, 0.3) is 0 Å². The first kappa shape index (κ1) is 13.7. The van der Waals surface area contributed by atoms with Crippen LogP contribution >= 0.6 is 11.6 Å². The Bertz CT molecular complexity index is 401. The number of anilines is 1. The van der Waals surface area contributed by atoms with Crippen molar-refractivity contribution in [3.05, 3.63) is 29.0 Å². The van der Waals surface area contributed by atoms with E-state index in [1.807, 2.05) is 0 Å². The maximum absolute atomic E-state index is 13.0. The molecule has 0 fully saturated rings. The minimum Gasteiger partial charge on any atom is -0.481 e. The number of carboxylic acids is 1. The predicted molar refractivity (Wildman–Crippen MR) is 64.9 cm³/mol. The Morgan fingerprint density at radius 2 is 2.18 bits per heavy atom. The molecule has 0 radical (unpaired) electrons. The average molecular weight is 261 g/mol. The number of carboxylic acid groups (broad SMARTS) is 1. The fraction of sp³-hybridized carbons (Fsp3) is 0.364. The van der Waals surface area contributed by atoms with Gasteiger partial charge in [0.05, 0.1) is 11.4 Å². The van der Waals surface area contributed by atoms with Crippen LogP contribution in [0.4, 0.5) is 10.1 Å². The van der Waals surface area contributed by atoms with Gasteiger partial charge in [-0.05, 0) is 18.2 Å². The van der Waals surface area contributed by atoms with Crippen molar-refractivity contribution < 1.29 is 14.3 Å². The van der Waals surface area contributed by atoms with Crippen LogP contribution in [0.2, 0.25) is 5.02 Å². The van der Waals surface area contributed by atoms with Crippen LogP contribution in [0.1, 0.15) is 6.42 Å². The molecular formula is C11H14ClFN2O2. The summed E-state index contributed by atoms with van der Waals surface area (Å²) in [4.78, 5) is 12.3. The van der Waals surface area contributed by atoms with Gasteiger partial charge in [-0.3, -0.25) is 4.79 Å². The molecule has 1 aromatic rings. The molecule has 0 heterocycles. The molecule has 0 atom stereocenters. The molecular weight excluding hydrogens is 247 g/mol. The van der Waals surface area contributed by atoms with Crippen molar-refractivity contribution >= 4 is 23.3 Å². The van der Waals surface area contributed by atoms with Gasteiger partial charge in [-0.25, -0.2) is 4.39 Å². The average Bonchev–Trinajstić information content (AvgIpc) is 2.28. The first-order chi connectivity index (χ1) is 8.04. The smallest absolute Gasteiger partial charge is 0.305 e. The van der Waals surface area contributed by atoms with E-state index < -0.39 is 11.8 Å². The summed E-state index contributed by atoms with van der Waals surface area (Å²) in [5, 5.41) is 8.65. The van der Waals surface area contributed by atoms with Crippen LogP contribution < -0.4 is 10.6 Å². The summed E-state index contributed by atoms with van der Waals surface area (Å²) in [5.41, 5.74) is 6.11. The summed E-state index contributed by atoms with van der Waals surface area (Å²) in [6.07, 6.45) is -0.00496. The summed E-state index contributed by atoms with van der Waals surface area (Å²) in [6.45, 7) is 1.19. The standard InChI is InChI=1S/C11H14ClFN2O2/c12-9-7-8(1-2-10(9)13)15(6-4-14)5-3-11(16)17/h1-2,7H,3-6,14H2,(H,16,17). The van der Waals surface area contributed by atoms with E-state index in [0.29, 0.717) is 25.3 Å². The lowest BCUT2D eigenvalue weighted by atomic mass is 10.2. The van der Waals surface area contributed by atoms with Gasteiger partial charge in [0.15, 0.2) is 0 Å². The fourth-order valence-corrected chi connectivity index (χ4v) is 1.61. The Morgan fingerprint density at radius 1 is 1.47 bits per heavy atom. The highest BCUT2D eigenvalue weighted by molar-refractivity contribution is 6.31. The summed E-state index contributed by atoms with van der Waals surface area (Å²) in [5.74, 6) is -1.39. The first-order valence-electron chi connectivity index (χ1n) is 5.16. The number of halogens is 2. The highest BCUT2D eigenvalue weighted by Gasteiger charge is 2.10. The van der Waals surface area contributed by atoms with Gasteiger partial charge in [0, 0.05) is 25.3 Å².